The highest BCUT2D eigenvalue weighted by atomic mass is 16.1. The third-order valence-electron chi connectivity index (χ3n) is 5.03. The van der Waals surface area contributed by atoms with Gasteiger partial charge in [0.15, 0.2) is 5.65 Å². The van der Waals surface area contributed by atoms with Crippen LogP contribution in [0.25, 0.3) is 28.3 Å². The number of H-pyrrole nitrogens is 1. The SMILES string of the molecule is Cc1cccc(-c2[nH]c(Cc3cccc(C(N)=O)c3)nc2-c2ccc3ncnn3c2)n1. The first kappa shape index (κ1) is 18.7. The summed E-state index contributed by atoms with van der Waals surface area (Å²) in [6, 6.07) is 17.0. The molecule has 0 bridgehead atoms. The van der Waals surface area contributed by atoms with Crippen molar-refractivity contribution in [2.24, 2.45) is 5.73 Å². The third-order valence-corrected chi connectivity index (χ3v) is 5.03. The molecule has 3 N–H and O–H groups in total. The van der Waals surface area contributed by atoms with Gasteiger partial charge in [-0.25, -0.2) is 14.5 Å². The number of hydrogen-bond donors (Lipinski definition) is 2. The van der Waals surface area contributed by atoms with E-state index in [2.05, 4.69) is 20.1 Å². The van der Waals surface area contributed by atoms with E-state index in [0.29, 0.717) is 12.0 Å². The lowest BCUT2D eigenvalue weighted by atomic mass is 10.1. The monoisotopic (exact) mass is 409 g/mol. The van der Waals surface area contributed by atoms with Crippen molar-refractivity contribution in [3.8, 4) is 22.6 Å². The Morgan fingerprint density at radius 2 is 1.97 bits per heavy atom. The summed E-state index contributed by atoms with van der Waals surface area (Å²) < 4.78 is 1.72. The molecule has 4 heterocycles. The van der Waals surface area contributed by atoms with Crippen molar-refractivity contribution < 1.29 is 4.79 Å². The van der Waals surface area contributed by atoms with E-state index in [-0.39, 0.29) is 0 Å². The van der Waals surface area contributed by atoms with E-state index in [1.807, 2.05) is 55.6 Å². The van der Waals surface area contributed by atoms with E-state index in [1.54, 1.807) is 16.6 Å². The van der Waals surface area contributed by atoms with Crippen LogP contribution in [0.4, 0.5) is 0 Å². The van der Waals surface area contributed by atoms with E-state index < -0.39 is 5.91 Å². The maximum atomic E-state index is 11.5. The van der Waals surface area contributed by atoms with Crippen LogP contribution in [0.2, 0.25) is 0 Å². The molecule has 0 radical (unpaired) electrons. The summed E-state index contributed by atoms with van der Waals surface area (Å²) in [7, 11) is 0. The molecule has 0 saturated carbocycles. The van der Waals surface area contributed by atoms with Crippen LogP contribution in [-0.4, -0.2) is 35.5 Å². The number of nitrogens with one attached hydrogen (secondary N) is 1. The van der Waals surface area contributed by atoms with Gasteiger partial charge in [-0.05, 0) is 48.9 Å². The topological polar surface area (TPSA) is 115 Å². The second-order valence-electron chi connectivity index (χ2n) is 7.29. The number of fused-ring (bicyclic) bond motifs is 1. The van der Waals surface area contributed by atoms with Gasteiger partial charge >= 0.3 is 0 Å². The summed E-state index contributed by atoms with van der Waals surface area (Å²) >= 11 is 0. The zero-order valence-electron chi connectivity index (χ0n) is 16.8. The molecule has 5 aromatic rings. The summed E-state index contributed by atoms with van der Waals surface area (Å²) in [5.74, 6) is 0.307. The summed E-state index contributed by atoms with van der Waals surface area (Å²) in [5.41, 5.74) is 11.8. The van der Waals surface area contributed by atoms with Gasteiger partial charge < -0.3 is 10.7 Å². The molecule has 0 aliphatic heterocycles. The van der Waals surface area contributed by atoms with Crippen LogP contribution in [-0.2, 0) is 6.42 Å². The van der Waals surface area contributed by atoms with Gasteiger partial charge in [-0.15, -0.1) is 0 Å². The fraction of sp³-hybridized carbons (Fsp3) is 0.0870. The lowest BCUT2D eigenvalue weighted by molar-refractivity contribution is 0.1000. The number of hydrogen-bond acceptors (Lipinski definition) is 5. The van der Waals surface area contributed by atoms with Gasteiger partial charge in [0.2, 0.25) is 5.91 Å². The molecule has 31 heavy (non-hydrogen) atoms. The number of aryl methyl sites for hydroxylation is 1. The number of nitrogens with two attached hydrogens (primary N) is 1. The quantitative estimate of drug-likeness (QED) is 0.463. The molecule has 8 heteroatoms. The second kappa shape index (κ2) is 7.49. The minimum atomic E-state index is -0.451. The predicted molar refractivity (Wildman–Crippen MR) is 116 cm³/mol. The van der Waals surface area contributed by atoms with E-state index >= 15 is 0 Å². The van der Waals surface area contributed by atoms with Gasteiger partial charge in [-0.1, -0.05) is 18.2 Å². The fourth-order valence-electron chi connectivity index (χ4n) is 3.57. The van der Waals surface area contributed by atoms with Crippen LogP contribution >= 0.6 is 0 Å². The van der Waals surface area contributed by atoms with Crippen LogP contribution in [0.5, 0.6) is 0 Å². The van der Waals surface area contributed by atoms with Crippen LogP contribution in [0, 0.1) is 6.92 Å². The molecule has 0 aliphatic carbocycles. The molecule has 0 fully saturated rings. The molecule has 0 aliphatic rings. The molecular formula is C23H19N7O. The number of carbonyl (C=O) groups excluding carboxylic acids is 1. The molecule has 0 saturated heterocycles. The van der Waals surface area contributed by atoms with E-state index in [0.717, 1.165) is 45.4 Å². The summed E-state index contributed by atoms with van der Waals surface area (Å²) in [6.07, 6.45) is 3.94. The average Bonchev–Trinajstić information content (AvgIpc) is 3.40. The molecule has 0 atom stereocenters. The Bertz CT molecular complexity index is 1420. The van der Waals surface area contributed by atoms with Crippen LogP contribution in [0.1, 0.15) is 27.4 Å². The summed E-state index contributed by atoms with van der Waals surface area (Å²) in [6.45, 7) is 1.96. The Morgan fingerprint density at radius 1 is 1.10 bits per heavy atom. The molecular weight excluding hydrogens is 390 g/mol. The molecule has 1 amide bonds. The number of amides is 1. The standard InChI is InChI=1S/C23H19N7O/c1-14-4-2-7-18(27-14)22-21(17-8-9-20-25-13-26-30(20)12-17)28-19(29-22)11-15-5-3-6-16(10-15)23(24)31/h2-10,12-13H,11H2,1H3,(H2,24,31)(H,28,29). The van der Waals surface area contributed by atoms with Crippen molar-refractivity contribution in [2.45, 2.75) is 13.3 Å². The number of aromatic amines is 1. The van der Waals surface area contributed by atoms with E-state index in [4.69, 9.17) is 10.7 Å². The Hall–Kier alpha value is -4.33. The van der Waals surface area contributed by atoms with Crippen LogP contribution in [0.15, 0.2) is 67.1 Å². The normalized spacial score (nSPS) is 11.1. The minimum absolute atomic E-state index is 0.451. The highest BCUT2D eigenvalue weighted by molar-refractivity contribution is 5.92. The van der Waals surface area contributed by atoms with Crippen molar-refractivity contribution in [2.75, 3.05) is 0 Å². The smallest absolute Gasteiger partial charge is 0.248 e. The number of benzene rings is 1. The average molecular weight is 409 g/mol. The lowest BCUT2D eigenvalue weighted by Gasteiger charge is -2.04. The van der Waals surface area contributed by atoms with Crippen molar-refractivity contribution in [1.29, 1.82) is 0 Å². The van der Waals surface area contributed by atoms with Gasteiger partial charge in [0.1, 0.15) is 12.2 Å². The maximum absolute atomic E-state index is 11.5. The van der Waals surface area contributed by atoms with Crippen molar-refractivity contribution >= 4 is 11.6 Å². The molecule has 4 aromatic heterocycles. The van der Waals surface area contributed by atoms with Crippen molar-refractivity contribution in [3.63, 3.8) is 0 Å². The summed E-state index contributed by atoms with van der Waals surface area (Å²) in [5, 5.41) is 4.23. The van der Waals surface area contributed by atoms with Gasteiger partial charge in [-0.2, -0.15) is 5.10 Å². The summed E-state index contributed by atoms with van der Waals surface area (Å²) in [4.78, 5) is 28.7. The number of pyridine rings is 2. The van der Waals surface area contributed by atoms with E-state index in [1.165, 1.54) is 6.33 Å². The molecule has 0 spiro atoms. The maximum Gasteiger partial charge on any atom is 0.248 e. The molecule has 1 aromatic carbocycles. The Labute approximate surface area is 177 Å². The fourth-order valence-corrected chi connectivity index (χ4v) is 3.57. The largest absolute Gasteiger partial charge is 0.366 e. The minimum Gasteiger partial charge on any atom is -0.366 e. The van der Waals surface area contributed by atoms with Gasteiger partial charge in [-0.3, -0.25) is 9.78 Å². The second-order valence-corrected chi connectivity index (χ2v) is 7.29. The number of aromatic nitrogens is 6. The highest BCUT2D eigenvalue weighted by Crippen LogP contribution is 2.30. The highest BCUT2D eigenvalue weighted by Gasteiger charge is 2.17. The number of nitrogens with zero attached hydrogens (tertiary/aromatic N) is 5. The number of rotatable bonds is 5. The molecule has 0 unspecified atom stereocenters. The number of imidazole rings is 1. The Kier molecular flexibility index (Phi) is 4.51. The molecule has 5 rings (SSSR count). The predicted octanol–water partition coefficient (Wildman–Crippen LogP) is 3.18. The van der Waals surface area contributed by atoms with Crippen molar-refractivity contribution in [3.05, 3.63) is 89.8 Å². The van der Waals surface area contributed by atoms with Crippen LogP contribution in [0.3, 0.4) is 0 Å². The zero-order valence-corrected chi connectivity index (χ0v) is 16.8. The van der Waals surface area contributed by atoms with Crippen molar-refractivity contribution in [1.82, 2.24) is 29.5 Å². The zero-order chi connectivity index (χ0) is 21.4. The van der Waals surface area contributed by atoms with Gasteiger partial charge in [0.05, 0.1) is 17.1 Å². The van der Waals surface area contributed by atoms with Gasteiger partial charge in [0.25, 0.3) is 0 Å². The van der Waals surface area contributed by atoms with Gasteiger partial charge in [0, 0.05) is 29.4 Å². The first-order valence-electron chi connectivity index (χ1n) is 9.78. The Morgan fingerprint density at radius 3 is 2.81 bits per heavy atom. The number of primary amides is 1. The lowest BCUT2D eigenvalue weighted by Crippen LogP contribution is -2.11. The third kappa shape index (κ3) is 3.66. The van der Waals surface area contributed by atoms with E-state index in [9.17, 15) is 4.79 Å². The molecule has 152 valence electrons. The Balaban J connectivity index is 1.61. The first-order chi connectivity index (χ1) is 15.1. The van der Waals surface area contributed by atoms with Crippen LogP contribution < -0.4 is 5.73 Å². The molecule has 8 nitrogen and oxygen atoms in total. The first-order valence-corrected chi connectivity index (χ1v) is 9.78. The number of carbonyl (C=O) groups is 1.